The van der Waals surface area contributed by atoms with Crippen LogP contribution in [0.25, 0.3) is 44.3 Å². The van der Waals surface area contributed by atoms with Crippen LogP contribution in [0.1, 0.15) is 30.9 Å². The number of phenolic OH excluding ortho intramolecular Hbond substituents is 1. The molecule has 1 saturated heterocycles. The second-order valence-electron chi connectivity index (χ2n) is 15.0. The number of benzene rings is 3. The van der Waals surface area contributed by atoms with Gasteiger partial charge < -0.3 is 63.9 Å². The SMILES string of the molecule is CC[C@H](O)[C@]1(O)[C@H](On2cc3cc[nH]c3c2-c2cc(C)cc(C)c2)[C@@H](Oc2ccc3c(=O)c(-c4ccc(O)cc4)coc3c2)O[C@@H]([C@@H](O)OC(=O)[C@H](NCCC=O)C(=O)O)[C@@H]1O. The number of aromatic hydroxyl groups is 1. The minimum atomic E-state index is -2.80. The third kappa shape index (κ3) is 8.39. The number of aliphatic carboxylic acids is 1. The zero-order valence-electron chi connectivity index (χ0n) is 33.6. The highest BCUT2D eigenvalue weighted by molar-refractivity contribution is 5.98. The molecule has 0 aliphatic carbocycles. The van der Waals surface area contributed by atoms with Gasteiger partial charge in [-0.05, 0) is 68.3 Å². The predicted molar refractivity (Wildman–Crippen MR) is 220 cm³/mol. The molecule has 3 aromatic carbocycles. The van der Waals surface area contributed by atoms with E-state index in [0.717, 1.165) is 11.1 Å². The van der Waals surface area contributed by atoms with Crippen molar-refractivity contribution in [3.05, 3.63) is 107 Å². The summed E-state index contributed by atoms with van der Waals surface area (Å²) in [5.74, 6) is -3.27. The van der Waals surface area contributed by atoms with E-state index in [-0.39, 0.29) is 47.4 Å². The minimum absolute atomic E-state index is 0.00939. The second-order valence-corrected chi connectivity index (χ2v) is 15.0. The number of carboxylic acid groups (broad SMARTS) is 1. The standard InChI is InChI=1S/C44H45N3O15/c1-4-32(50)44(57)38(52)37(42(56)61-41(55)34(40(53)54)45-13-5-15-48)60-43(39(44)62-47-20-25-12-14-46-33(25)35(47)26-17-22(2)16-23(3)18-26)59-28-10-11-29-31(19-28)58-21-30(36(29)51)24-6-8-27(49)9-7-24/h6-12,14-21,32,34,37-39,42-43,45-46,49-50,52,56-57H,4-5,13H2,1-3H3,(H,53,54)/t32-,34+,37+,38-,39+,42-,43-,44+/m0/s1. The van der Waals surface area contributed by atoms with Gasteiger partial charge in [0.05, 0.1) is 28.8 Å². The van der Waals surface area contributed by atoms with Crippen LogP contribution in [-0.2, 0) is 23.9 Å². The third-order valence-electron chi connectivity index (χ3n) is 10.7. The highest BCUT2D eigenvalue weighted by atomic mass is 16.8. The summed E-state index contributed by atoms with van der Waals surface area (Å²) in [4.78, 5) is 59.1. The van der Waals surface area contributed by atoms with Gasteiger partial charge in [0, 0.05) is 36.2 Å². The van der Waals surface area contributed by atoms with Crippen LogP contribution in [-0.4, -0.2) is 114 Å². The highest BCUT2D eigenvalue weighted by Gasteiger charge is 2.64. The van der Waals surface area contributed by atoms with Crippen molar-refractivity contribution in [2.45, 2.75) is 82.3 Å². The van der Waals surface area contributed by atoms with E-state index in [1.165, 1.54) is 48.2 Å². The van der Waals surface area contributed by atoms with Gasteiger partial charge in [0.15, 0.2) is 17.1 Å². The van der Waals surface area contributed by atoms with E-state index in [0.29, 0.717) is 34.0 Å². The number of nitrogens with zero attached hydrogens (tertiary/aromatic N) is 1. The Kier molecular flexibility index (Phi) is 12.5. The third-order valence-corrected chi connectivity index (χ3v) is 10.7. The number of aromatic nitrogens is 2. The molecule has 0 unspecified atom stereocenters. The Morgan fingerprint density at radius 1 is 1.03 bits per heavy atom. The van der Waals surface area contributed by atoms with E-state index in [1.807, 2.05) is 32.0 Å². The van der Waals surface area contributed by atoms with E-state index >= 15 is 0 Å². The molecule has 4 heterocycles. The minimum Gasteiger partial charge on any atom is -0.508 e. The lowest BCUT2D eigenvalue weighted by Crippen LogP contribution is -2.75. The van der Waals surface area contributed by atoms with Crippen molar-refractivity contribution >= 4 is 40.1 Å². The molecule has 62 heavy (non-hydrogen) atoms. The molecular weight excluding hydrogens is 810 g/mol. The first-order valence-electron chi connectivity index (χ1n) is 19.6. The molecule has 3 aromatic heterocycles. The zero-order chi connectivity index (χ0) is 44.5. The summed E-state index contributed by atoms with van der Waals surface area (Å²) in [6.07, 6.45) is -7.81. The lowest BCUT2D eigenvalue weighted by molar-refractivity contribution is -0.360. The Morgan fingerprint density at radius 2 is 1.76 bits per heavy atom. The summed E-state index contributed by atoms with van der Waals surface area (Å²) in [7, 11) is 0. The number of hydrogen-bond donors (Lipinski definition) is 8. The molecule has 0 saturated carbocycles. The van der Waals surface area contributed by atoms with Gasteiger partial charge in [-0.25, -0.2) is 9.59 Å². The van der Waals surface area contributed by atoms with Crippen molar-refractivity contribution in [2.75, 3.05) is 6.54 Å². The van der Waals surface area contributed by atoms with Crippen molar-refractivity contribution in [1.29, 1.82) is 0 Å². The topological polar surface area (TPSA) is 272 Å². The van der Waals surface area contributed by atoms with Crippen molar-refractivity contribution in [1.82, 2.24) is 15.0 Å². The van der Waals surface area contributed by atoms with Crippen LogP contribution in [0.4, 0.5) is 0 Å². The van der Waals surface area contributed by atoms with E-state index in [9.17, 15) is 49.8 Å². The number of aliphatic hydroxyl groups is 4. The first-order chi connectivity index (χ1) is 29.6. The number of esters is 1. The fraction of sp³-hybridized carbons (Fsp3) is 0.318. The Bertz CT molecular complexity index is 2630. The number of rotatable bonds is 16. The van der Waals surface area contributed by atoms with Crippen LogP contribution in [0.3, 0.4) is 0 Å². The zero-order valence-corrected chi connectivity index (χ0v) is 33.6. The molecule has 326 valence electrons. The van der Waals surface area contributed by atoms with Crippen molar-refractivity contribution in [3.63, 3.8) is 0 Å². The smallest absolute Gasteiger partial charge is 0.337 e. The van der Waals surface area contributed by atoms with Crippen LogP contribution in [0.5, 0.6) is 11.5 Å². The van der Waals surface area contributed by atoms with Gasteiger partial charge in [-0.3, -0.25) is 10.1 Å². The van der Waals surface area contributed by atoms with Crippen molar-refractivity contribution in [2.24, 2.45) is 0 Å². The number of carboxylic acids is 1. The van der Waals surface area contributed by atoms with E-state index in [1.54, 1.807) is 30.6 Å². The van der Waals surface area contributed by atoms with Crippen LogP contribution in [0.2, 0.25) is 0 Å². The van der Waals surface area contributed by atoms with Gasteiger partial charge in [0.25, 0.3) is 0 Å². The number of H-pyrrole nitrogens is 1. The Balaban J connectivity index is 1.31. The number of aryl methyl sites for hydroxylation is 2. The van der Waals surface area contributed by atoms with Crippen molar-refractivity contribution < 1.29 is 68.5 Å². The highest BCUT2D eigenvalue weighted by Crippen LogP contribution is 2.39. The maximum absolute atomic E-state index is 13.6. The van der Waals surface area contributed by atoms with Gasteiger partial charge in [0.1, 0.15) is 41.4 Å². The summed E-state index contributed by atoms with van der Waals surface area (Å²) in [6, 6.07) is 15.6. The summed E-state index contributed by atoms with van der Waals surface area (Å²) < 4.78 is 24.6. The number of fused-ring (bicyclic) bond motifs is 2. The van der Waals surface area contributed by atoms with E-state index in [4.69, 9.17) is 23.5 Å². The maximum atomic E-state index is 13.6. The lowest BCUT2D eigenvalue weighted by Gasteiger charge is -2.51. The van der Waals surface area contributed by atoms with Crippen LogP contribution >= 0.6 is 0 Å². The number of aliphatic hydroxyl groups excluding tert-OH is 3. The maximum Gasteiger partial charge on any atom is 0.337 e. The molecule has 1 aliphatic rings. The predicted octanol–water partition coefficient (Wildman–Crippen LogP) is 2.69. The van der Waals surface area contributed by atoms with Gasteiger partial charge in [-0.1, -0.05) is 36.2 Å². The number of nitrogens with one attached hydrogen (secondary N) is 2. The Morgan fingerprint density at radius 3 is 2.44 bits per heavy atom. The molecule has 8 atom stereocenters. The van der Waals surface area contributed by atoms with E-state index in [2.05, 4.69) is 10.3 Å². The number of carbonyl (C=O) groups excluding carboxylic acids is 2. The Labute approximate surface area is 352 Å². The average molecular weight is 856 g/mol. The average Bonchev–Trinajstić information content (AvgIpc) is 3.83. The second kappa shape index (κ2) is 17.8. The summed E-state index contributed by atoms with van der Waals surface area (Å²) in [5, 5.41) is 70.0. The molecule has 1 fully saturated rings. The van der Waals surface area contributed by atoms with Crippen LogP contribution in [0, 0.1) is 13.8 Å². The number of hydrogen-bond acceptors (Lipinski definition) is 15. The van der Waals surface area contributed by atoms with Gasteiger partial charge in [0.2, 0.25) is 24.7 Å². The molecule has 0 spiro atoms. The molecular formula is C44H45N3O15. The normalized spacial score (nSPS) is 21.6. The summed E-state index contributed by atoms with van der Waals surface area (Å²) in [6.45, 7) is 5.11. The van der Waals surface area contributed by atoms with Crippen molar-refractivity contribution in [3.8, 4) is 33.9 Å². The number of ether oxygens (including phenoxy) is 3. The Hall–Kier alpha value is -6.54. The largest absolute Gasteiger partial charge is 0.508 e. The number of carbonyl (C=O) groups is 3. The fourth-order valence-electron chi connectivity index (χ4n) is 7.66. The first kappa shape index (κ1) is 43.5. The lowest BCUT2D eigenvalue weighted by atomic mass is 9.78. The summed E-state index contributed by atoms with van der Waals surface area (Å²) >= 11 is 0. The molecule has 0 radical (unpaired) electrons. The molecule has 0 bridgehead atoms. The first-order valence-corrected chi connectivity index (χ1v) is 19.6. The molecule has 8 N–H and O–H groups in total. The van der Waals surface area contributed by atoms with Crippen LogP contribution < -0.4 is 20.3 Å². The van der Waals surface area contributed by atoms with Crippen LogP contribution in [0.15, 0.2) is 94.6 Å². The number of aromatic amines is 1. The molecule has 18 heteroatoms. The monoisotopic (exact) mass is 855 g/mol. The van der Waals surface area contributed by atoms with E-state index < -0.39 is 66.0 Å². The molecule has 18 nitrogen and oxygen atoms in total. The fourth-order valence-corrected chi connectivity index (χ4v) is 7.66. The molecule has 7 rings (SSSR count). The molecule has 0 amide bonds. The molecule has 6 aromatic rings. The quantitative estimate of drug-likeness (QED) is 0.0229. The molecule has 1 aliphatic heterocycles. The number of phenols is 1. The van der Waals surface area contributed by atoms with Gasteiger partial charge >= 0.3 is 11.9 Å². The van der Waals surface area contributed by atoms with Gasteiger partial charge in [-0.2, -0.15) is 4.73 Å². The van der Waals surface area contributed by atoms with Gasteiger partial charge in [-0.15, -0.1) is 0 Å². The summed E-state index contributed by atoms with van der Waals surface area (Å²) in [5.41, 5.74) is 1.20. The number of aldehydes is 1.